The summed E-state index contributed by atoms with van der Waals surface area (Å²) in [7, 11) is 1.75. The monoisotopic (exact) mass is 372 g/mol. The third kappa shape index (κ3) is 3.77. The van der Waals surface area contributed by atoms with Crippen LogP contribution in [0.1, 0.15) is 25.0 Å². The van der Waals surface area contributed by atoms with Gasteiger partial charge in [-0.1, -0.05) is 18.2 Å². The van der Waals surface area contributed by atoms with Crippen LogP contribution >= 0.6 is 11.8 Å². The van der Waals surface area contributed by atoms with Gasteiger partial charge in [-0.2, -0.15) is 5.10 Å². The normalized spacial score (nSPS) is 19.1. The number of likely N-dealkylation sites (N-methyl/N-ethyl adjacent to an activating group) is 1. The number of amides is 2. The van der Waals surface area contributed by atoms with E-state index in [4.69, 9.17) is 0 Å². The summed E-state index contributed by atoms with van der Waals surface area (Å²) in [6.45, 7) is 6.23. The van der Waals surface area contributed by atoms with Crippen LogP contribution in [0.15, 0.2) is 36.7 Å². The molecule has 2 amide bonds. The number of carbonyl (C=O) groups is 2. The molecule has 1 fully saturated rings. The van der Waals surface area contributed by atoms with Gasteiger partial charge in [-0.05, 0) is 32.4 Å². The highest BCUT2D eigenvalue weighted by molar-refractivity contribution is 8.01. The van der Waals surface area contributed by atoms with Gasteiger partial charge in [0.2, 0.25) is 11.8 Å². The third-order valence-corrected chi connectivity index (χ3v) is 5.96. The molecular weight excluding hydrogens is 348 g/mol. The van der Waals surface area contributed by atoms with Gasteiger partial charge < -0.3 is 10.2 Å². The van der Waals surface area contributed by atoms with E-state index in [0.29, 0.717) is 12.3 Å². The predicted octanol–water partition coefficient (Wildman–Crippen LogP) is 2.15. The number of benzene rings is 1. The first kappa shape index (κ1) is 18.5. The lowest BCUT2D eigenvalue weighted by molar-refractivity contribution is -0.136. The van der Waals surface area contributed by atoms with Crippen molar-refractivity contribution in [3.63, 3.8) is 0 Å². The van der Waals surface area contributed by atoms with E-state index in [2.05, 4.69) is 10.4 Å². The molecule has 1 atom stereocenters. The summed E-state index contributed by atoms with van der Waals surface area (Å²) < 4.78 is 1.34. The molecule has 1 aliphatic heterocycles. The lowest BCUT2D eigenvalue weighted by atomic mass is 10.1. The van der Waals surface area contributed by atoms with E-state index in [9.17, 15) is 9.59 Å². The molecule has 1 aromatic carbocycles. The topological polar surface area (TPSA) is 67.2 Å². The van der Waals surface area contributed by atoms with Gasteiger partial charge in [-0.15, -0.1) is 11.8 Å². The van der Waals surface area contributed by atoms with Gasteiger partial charge in [0.15, 0.2) is 0 Å². The number of nitrogens with zero attached hydrogens (tertiary/aromatic N) is 3. The first-order valence-corrected chi connectivity index (χ1v) is 9.56. The lowest BCUT2D eigenvalue weighted by Crippen LogP contribution is -2.57. The smallest absolute Gasteiger partial charge is 0.246 e. The van der Waals surface area contributed by atoms with Crippen LogP contribution in [0.5, 0.6) is 0 Å². The molecule has 0 saturated carbocycles. The van der Waals surface area contributed by atoms with Crippen molar-refractivity contribution in [2.45, 2.75) is 38.1 Å². The SMILES string of the molecule is Cc1ccccc1-n1cc(CN(C)C(=O)C2CSC(C)(C)C(=O)N2)cn1. The molecular formula is C19H24N4O2S. The zero-order chi connectivity index (χ0) is 18.9. The van der Waals surface area contributed by atoms with Gasteiger partial charge in [-0.25, -0.2) is 4.68 Å². The fourth-order valence-electron chi connectivity index (χ4n) is 2.88. The Morgan fingerprint density at radius 1 is 1.42 bits per heavy atom. The van der Waals surface area contributed by atoms with Crippen LogP contribution in [0.2, 0.25) is 0 Å². The van der Waals surface area contributed by atoms with E-state index in [1.54, 1.807) is 18.1 Å². The number of nitrogens with one attached hydrogen (secondary N) is 1. The van der Waals surface area contributed by atoms with Crippen molar-refractivity contribution in [3.05, 3.63) is 47.8 Å². The Morgan fingerprint density at radius 2 is 2.15 bits per heavy atom. The van der Waals surface area contributed by atoms with Gasteiger partial charge in [0.25, 0.3) is 0 Å². The highest BCUT2D eigenvalue weighted by atomic mass is 32.2. The summed E-state index contributed by atoms with van der Waals surface area (Å²) >= 11 is 1.52. The van der Waals surface area contributed by atoms with Crippen molar-refractivity contribution in [1.82, 2.24) is 20.0 Å². The number of aromatic nitrogens is 2. The average molecular weight is 372 g/mol. The molecule has 2 heterocycles. The molecule has 7 heteroatoms. The minimum absolute atomic E-state index is 0.0787. The number of aryl methyl sites for hydroxylation is 1. The molecule has 2 aromatic rings. The molecule has 0 aliphatic carbocycles. The quantitative estimate of drug-likeness (QED) is 0.893. The number of thioether (sulfide) groups is 1. The van der Waals surface area contributed by atoms with Gasteiger partial charge in [-0.3, -0.25) is 9.59 Å². The van der Waals surface area contributed by atoms with Crippen molar-refractivity contribution < 1.29 is 9.59 Å². The Hall–Kier alpha value is -2.28. The Morgan fingerprint density at radius 3 is 2.85 bits per heavy atom. The molecule has 3 rings (SSSR count). The Bertz CT molecular complexity index is 830. The van der Waals surface area contributed by atoms with Gasteiger partial charge in [0.1, 0.15) is 6.04 Å². The molecule has 0 radical (unpaired) electrons. The van der Waals surface area contributed by atoms with Crippen LogP contribution in [-0.2, 0) is 16.1 Å². The van der Waals surface area contributed by atoms with E-state index in [1.807, 2.05) is 55.9 Å². The molecule has 1 unspecified atom stereocenters. The second-order valence-corrected chi connectivity index (χ2v) is 8.76. The lowest BCUT2D eigenvalue weighted by Gasteiger charge is -2.34. The first-order chi connectivity index (χ1) is 12.3. The van der Waals surface area contributed by atoms with Crippen LogP contribution in [-0.4, -0.2) is 50.1 Å². The molecule has 26 heavy (non-hydrogen) atoms. The summed E-state index contributed by atoms with van der Waals surface area (Å²) in [6.07, 6.45) is 3.71. The standard InChI is InChI=1S/C19H24N4O2S/c1-13-7-5-6-8-16(13)23-11-14(9-20-23)10-22(4)17(24)15-12-26-19(2,3)18(25)21-15/h5-9,11,15H,10,12H2,1-4H3,(H,21,25). The van der Waals surface area contributed by atoms with E-state index in [0.717, 1.165) is 16.8 Å². The highest BCUT2D eigenvalue weighted by Gasteiger charge is 2.38. The Labute approximate surface area is 157 Å². The van der Waals surface area contributed by atoms with Crippen molar-refractivity contribution >= 4 is 23.6 Å². The van der Waals surface area contributed by atoms with Crippen LogP contribution < -0.4 is 5.32 Å². The maximum Gasteiger partial charge on any atom is 0.246 e. The van der Waals surface area contributed by atoms with E-state index >= 15 is 0 Å². The van der Waals surface area contributed by atoms with Crippen LogP contribution in [0, 0.1) is 6.92 Å². The summed E-state index contributed by atoms with van der Waals surface area (Å²) in [5.41, 5.74) is 3.10. The van der Waals surface area contributed by atoms with Crippen molar-refractivity contribution in [2.75, 3.05) is 12.8 Å². The number of hydrogen-bond acceptors (Lipinski definition) is 4. The van der Waals surface area contributed by atoms with E-state index in [1.165, 1.54) is 11.8 Å². The minimum Gasteiger partial charge on any atom is -0.342 e. The third-order valence-electron chi connectivity index (χ3n) is 4.56. The van der Waals surface area contributed by atoms with Crippen LogP contribution in [0.4, 0.5) is 0 Å². The molecule has 0 spiro atoms. The largest absolute Gasteiger partial charge is 0.342 e. The summed E-state index contributed by atoms with van der Waals surface area (Å²) in [6, 6.07) is 7.55. The second-order valence-electron chi connectivity index (χ2n) is 7.12. The number of hydrogen-bond donors (Lipinski definition) is 1. The molecule has 1 aliphatic rings. The van der Waals surface area contributed by atoms with Gasteiger partial charge in [0, 0.05) is 31.1 Å². The van der Waals surface area contributed by atoms with Gasteiger partial charge >= 0.3 is 0 Å². The van der Waals surface area contributed by atoms with E-state index < -0.39 is 10.8 Å². The molecule has 1 aromatic heterocycles. The van der Waals surface area contributed by atoms with E-state index in [-0.39, 0.29) is 11.8 Å². The van der Waals surface area contributed by atoms with Gasteiger partial charge in [0.05, 0.1) is 16.6 Å². The van der Waals surface area contributed by atoms with Crippen molar-refractivity contribution in [3.8, 4) is 5.69 Å². The molecule has 0 bridgehead atoms. The summed E-state index contributed by atoms with van der Waals surface area (Å²) in [5, 5.41) is 7.25. The summed E-state index contributed by atoms with van der Waals surface area (Å²) in [5.74, 6) is 0.419. The van der Waals surface area contributed by atoms with Crippen molar-refractivity contribution in [2.24, 2.45) is 0 Å². The fraction of sp³-hybridized carbons (Fsp3) is 0.421. The first-order valence-electron chi connectivity index (χ1n) is 8.57. The molecule has 138 valence electrons. The predicted molar refractivity (Wildman–Crippen MR) is 103 cm³/mol. The average Bonchev–Trinajstić information content (AvgIpc) is 3.05. The Balaban J connectivity index is 1.65. The fourth-order valence-corrected chi connectivity index (χ4v) is 3.87. The minimum atomic E-state index is -0.482. The maximum absolute atomic E-state index is 12.7. The number of para-hydroxylation sites is 1. The maximum atomic E-state index is 12.7. The Kier molecular flexibility index (Phi) is 5.09. The number of rotatable bonds is 4. The summed E-state index contributed by atoms with van der Waals surface area (Å²) in [4.78, 5) is 26.4. The highest BCUT2D eigenvalue weighted by Crippen LogP contribution is 2.29. The number of carbonyl (C=O) groups excluding carboxylic acids is 2. The second kappa shape index (κ2) is 7.15. The van der Waals surface area contributed by atoms with Crippen LogP contribution in [0.3, 0.4) is 0 Å². The van der Waals surface area contributed by atoms with Crippen LogP contribution in [0.25, 0.3) is 5.69 Å². The van der Waals surface area contributed by atoms with Crippen molar-refractivity contribution in [1.29, 1.82) is 0 Å². The zero-order valence-corrected chi connectivity index (χ0v) is 16.3. The molecule has 6 nitrogen and oxygen atoms in total. The zero-order valence-electron chi connectivity index (χ0n) is 15.5. The molecule has 1 saturated heterocycles. The molecule has 1 N–H and O–H groups in total.